The first kappa shape index (κ1) is 83.3. The number of hydrogen-bond acceptors (Lipinski definition) is 12. The Labute approximate surface area is 705 Å². The molecule has 12 aromatic heterocycles. The second kappa shape index (κ2) is 46.8. The van der Waals surface area contributed by atoms with E-state index >= 15 is 0 Å². The topological polar surface area (TPSA) is 155 Å². The average molecular weight is 2720 g/mol. The van der Waals surface area contributed by atoms with Gasteiger partial charge in [0.05, 0.1) is 66.2 Å². The molecule has 0 fully saturated rings. The molecule has 18 rings (SSSR count). The summed E-state index contributed by atoms with van der Waals surface area (Å²) >= 11 is 21.2. The summed E-state index contributed by atoms with van der Waals surface area (Å²) in [6.45, 7) is 0. The van der Waals surface area contributed by atoms with E-state index in [1.807, 2.05) is 72.8 Å². The molecule has 12 heterocycles. The van der Waals surface area contributed by atoms with Gasteiger partial charge >= 0.3 is 236 Å². The summed E-state index contributed by atoms with van der Waals surface area (Å²) in [6.07, 6.45) is 21.6. The Bertz CT molecular complexity index is 4280. The summed E-state index contributed by atoms with van der Waals surface area (Å²) in [6, 6.07) is 72.8. The smallest absolute Gasteiger partial charge is 0.254 e. The number of aromatic nitrogens is 12. The van der Waals surface area contributed by atoms with Crippen LogP contribution < -0.4 is 53.0 Å². The Kier molecular flexibility index (Phi) is 39.7. The predicted molar refractivity (Wildman–Crippen MR) is 454 cm³/mol. The maximum absolute atomic E-state index is 4.35. The van der Waals surface area contributed by atoms with E-state index in [2.05, 4.69) is 354 Å². The molecule has 0 saturated carbocycles. The van der Waals surface area contributed by atoms with Gasteiger partial charge in [-0.25, -0.2) is 0 Å². The molecule has 0 spiro atoms. The predicted octanol–water partition coefficient (Wildman–Crippen LogP) is 11.8. The van der Waals surface area contributed by atoms with Crippen LogP contribution in [-0.4, -0.2) is 59.8 Å². The molecule has 498 valence electrons. The van der Waals surface area contributed by atoms with Gasteiger partial charge in [0.25, 0.3) is 0 Å². The minimum Gasteiger partial charge on any atom is -0.254 e. The third-order valence-corrected chi connectivity index (χ3v) is 14.1. The third-order valence-electron chi connectivity index (χ3n) is 14.1. The van der Waals surface area contributed by atoms with E-state index in [9.17, 15) is 0 Å². The van der Waals surface area contributed by atoms with Crippen LogP contribution in [0.5, 0.6) is 0 Å². The molecule has 12 nitrogen and oxygen atoms in total. The van der Waals surface area contributed by atoms with Gasteiger partial charge in [-0.15, -0.1) is 0 Å². The maximum Gasteiger partial charge on any atom is 2.00 e. The minimum absolute atomic E-state index is 0. The average Bonchev–Trinajstić information content (AvgIpc) is 0.872. The molecule has 0 aliphatic heterocycles. The van der Waals surface area contributed by atoms with Gasteiger partial charge in [-0.2, -0.15) is 0 Å². The molecule has 6 aromatic carbocycles. The van der Waals surface area contributed by atoms with Crippen molar-refractivity contribution in [3.63, 3.8) is 0 Å². The molecule has 0 bridgehead atoms. The minimum atomic E-state index is 0. The standard InChI is InChI=1S/6C12H8N2.2Co.4I3/c6*1-3-9-5-6-10-4-2-8-14-12(10)11(9)13-7-1;;;4*1-3-2/h6*1-8H;;;;;;/q;;;;;;2*+2;4*-1. The van der Waals surface area contributed by atoms with Crippen LogP contribution in [0.2, 0.25) is 0 Å². The van der Waals surface area contributed by atoms with Crippen LogP contribution in [0.4, 0.5) is 0 Å². The fourth-order valence-corrected chi connectivity index (χ4v) is 10.1. The van der Waals surface area contributed by atoms with Crippen molar-refractivity contribution in [3.8, 4) is 0 Å². The van der Waals surface area contributed by atoms with E-state index in [1.54, 1.807) is 74.4 Å². The van der Waals surface area contributed by atoms with Crippen molar-refractivity contribution in [2.75, 3.05) is 0 Å². The van der Waals surface area contributed by atoms with Gasteiger partial charge in [0.2, 0.25) is 0 Å². The first-order valence-electron chi connectivity index (χ1n) is 28.4. The quantitative estimate of drug-likeness (QED) is 0.105. The van der Waals surface area contributed by atoms with E-state index in [0.29, 0.717) is 53.0 Å². The van der Waals surface area contributed by atoms with Gasteiger partial charge in [-0.05, 0) is 72.8 Å². The Morgan fingerprint density at radius 1 is 0.143 bits per heavy atom. The number of benzene rings is 6. The second-order valence-electron chi connectivity index (χ2n) is 19.5. The van der Waals surface area contributed by atoms with E-state index < -0.39 is 0 Å². The summed E-state index contributed by atoms with van der Waals surface area (Å²) in [4.78, 5) is 52.2. The summed E-state index contributed by atoms with van der Waals surface area (Å²) in [5.74, 6) is 0. The first-order chi connectivity index (χ1) is 47.4. The molecule has 0 N–H and O–H groups in total. The zero-order valence-electron chi connectivity index (χ0n) is 50.3. The monoisotopic (exact) mass is 2720 g/mol. The van der Waals surface area contributed by atoms with Gasteiger partial charge in [0.1, 0.15) is 0 Å². The van der Waals surface area contributed by atoms with Crippen molar-refractivity contribution in [3.05, 3.63) is 293 Å². The zero-order valence-corrected chi connectivity index (χ0v) is 78.3. The van der Waals surface area contributed by atoms with Crippen molar-refractivity contribution < 1.29 is 86.6 Å². The Morgan fingerprint density at radius 2 is 0.214 bits per heavy atom. The molecule has 0 unspecified atom stereocenters. The summed E-state index contributed by atoms with van der Waals surface area (Å²) in [5, 5.41) is 13.7. The molecule has 0 aliphatic carbocycles. The molecule has 98 heavy (non-hydrogen) atoms. The summed E-state index contributed by atoms with van der Waals surface area (Å²) in [7, 11) is 0. The van der Waals surface area contributed by atoms with Crippen molar-refractivity contribution in [2.45, 2.75) is 0 Å². The van der Waals surface area contributed by atoms with Crippen molar-refractivity contribution in [1.29, 1.82) is 0 Å². The van der Waals surface area contributed by atoms with Crippen LogP contribution in [-0.2, 0) is 33.6 Å². The number of nitrogens with zero attached hydrogens (tertiary/aromatic N) is 12. The van der Waals surface area contributed by atoms with Gasteiger partial charge in [-0.3, -0.25) is 59.8 Å². The van der Waals surface area contributed by atoms with Crippen LogP contribution in [0, 0.1) is 0 Å². The van der Waals surface area contributed by atoms with Crippen LogP contribution in [0.1, 0.15) is 0 Å². The first-order valence-corrected chi connectivity index (χ1v) is 78.6. The Hall–Kier alpha value is -1.99. The van der Waals surface area contributed by atoms with Gasteiger partial charge in [0.15, 0.2) is 0 Å². The summed E-state index contributed by atoms with van der Waals surface area (Å²) in [5.41, 5.74) is 11.7. The van der Waals surface area contributed by atoms with Crippen LogP contribution >= 0.6 is 149 Å². The van der Waals surface area contributed by atoms with Crippen LogP contribution in [0.3, 0.4) is 0 Å². The molecule has 26 heteroatoms. The molecule has 18 aromatic rings. The zero-order chi connectivity index (χ0) is 67.1. The molecule has 0 aliphatic rings. The Balaban J connectivity index is 0.000000160. The van der Waals surface area contributed by atoms with E-state index in [-0.39, 0.29) is 33.6 Å². The molecular weight excluding hydrogens is 2670 g/mol. The van der Waals surface area contributed by atoms with E-state index in [1.165, 1.54) is 0 Å². The van der Waals surface area contributed by atoms with Crippen molar-refractivity contribution >= 4 is 280 Å². The molecule has 0 amide bonds. The second-order valence-corrected chi connectivity index (χ2v) is 84.5. The van der Waals surface area contributed by atoms with E-state index in [0.717, 1.165) is 131 Å². The fraction of sp³-hybridized carbons (Fsp3) is 0. The number of rotatable bonds is 0. The molecule has 0 atom stereocenters. The van der Waals surface area contributed by atoms with Gasteiger partial charge in [-0.1, -0.05) is 146 Å². The van der Waals surface area contributed by atoms with E-state index in [4.69, 9.17) is 0 Å². The third kappa shape index (κ3) is 24.0. The van der Waals surface area contributed by atoms with Crippen molar-refractivity contribution in [1.82, 2.24) is 59.8 Å². The van der Waals surface area contributed by atoms with Gasteiger partial charge in [0, 0.05) is 139 Å². The molecular formula is C72H48Co2I12N12. The molecule has 2 radical (unpaired) electrons. The normalized spacial score (nSPS) is 10.2. The maximum atomic E-state index is 4.35. The van der Waals surface area contributed by atoms with Crippen LogP contribution in [0.15, 0.2) is 293 Å². The van der Waals surface area contributed by atoms with Gasteiger partial charge < -0.3 is 0 Å². The largest absolute Gasteiger partial charge is 2.00 e. The number of hydrogen-bond donors (Lipinski definition) is 0. The Morgan fingerprint density at radius 3 is 0.286 bits per heavy atom. The fourth-order valence-electron chi connectivity index (χ4n) is 10.1. The number of pyridine rings is 12. The van der Waals surface area contributed by atoms with Crippen molar-refractivity contribution in [2.24, 2.45) is 0 Å². The van der Waals surface area contributed by atoms with Crippen LogP contribution in [0.25, 0.3) is 131 Å². The number of halogens is 12. The number of fused-ring (bicyclic) bond motifs is 18. The SMILES string of the molecule is I[I-]I.I[I-]I.I[I-]I.I[I-]I.[Co+2].[Co+2].c1cnc2c(c1)ccc1cccnc12.c1cnc2c(c1)ccc1cccnc12.c1cnc2c(c1)ccc1cccnc12.c1cnc2c(c1)ccc1cccnc12.c1cnc2c(c1)ccc1cccnc12.c1cnc2c(c1)ccc1cccnc12. The summed E-state index contributed by atoms with van der Waals surface area (Å²) < 4.78 is 0. The molecule has 0 saturated heterocycles.